The number of rotatable bonds is 4. The van der Waals surface area contributed by atoms with Crippen LogP contribution in [-0.4, -0.2) is 43.4 Å². The smallest absolute Gasteiger partial charge is 0.343 e. The topological polar surface area (TPSA) is 69.0 Å². The molecule has 4 rings (SSSR count). The third-order valence-electron chi connectivity index (χ3n) is 5.24. The fourth-order valence-electron chi connectivity index (χ4n) is 3.57. The zero-order chi connectivity index (χ0) is 20.4. The monoisotopic (exact) mass is 393 g/mol. The van der Waals surface area contributed by atoms with Crippen LogP contribution in [0.4, 0.5) is 0 Å². The standard InChI is InChI=1S/C23H23NO5/c1-15-20(25)18-9-6-10-19(22(18)29-21(15)17-7-4-3-5-8-17)23(26)28-16(2)24-11-13-27-14-12-24/h3-10,16H,11-14H2,1-2H3. The van der Waals surface area contributed by atoms with Gasteiger partial charge in [-0.2, -0.15) is 0 Å². The van der Waals surface area contributed by atoms with Gasteiger partial charge in [0.05, 0.1) is 18.6 Å². The van der Waals surface area contributed by atoms with E-state index in [1.807, 2.05) is 42.2 Å². The molecular formula is C23H23NO5. The molecule has 0 N–H and O–H groups in total. The van der Waals surface area contributed by atoms with Crippen molar-refractivity contribution in [3.05, 3.63) is 69.9 Å². The van der Waals surface area contributed by atoms with Gasteiger partial charge in [-0.1, -0.05) is 36.4 Å². The number of hydrogen-bond donors (Lipinski definition) is 0. The molecule has 1 fully saturated rings. The van der Waals surface area contributed by atoms with Crippen LogP contribution in [-0.2, 0) is 9.47 Å². The van der Waals surface area contributed by atoms with Crippen LogP contribution in [0.3, 0.4) is 0 Å². The second-order valence-corrected chi connectivity index (χ2v) is 7.09. The minimum Gasteiger partial charge on any atom is -0.455 e. The van der Waals surface area contributed by atoms with E-state index in [0.29, 0.717) is 43.0 Å². The first kappa shape index (κ1) is 19.4. The molecule has 0 saturated carbocycles. The Morgan fingerprint density at radius 3 is 2.52 bits per heavy atom. The number of nitrogens with zero attached hydrogens (tertiary/aromatic N) is 1. The molecule has 0 radical (unpaired) electrons. The Kier molecular flexibility index (Phi) is 5.47. The molecule has 0 bridgehead atoms. The van der Waals surface area contributed by atoms with Crippen molar-refractivity contribution in [2.45, 2.75) is 20.1 Å². The first-order valence-electron chi connectivity index (χ1n) is 9.71. The molecule has 3 aromatic rings. The zero-order valence-corrected chi connectivity index (χ0v) is 16.5. The fourth-order valence-corrected chi connectivity index (χ4v) is 3.57. The van der Waals surface area contributed by atoms with Gasteiger partial charge in [-0.3, -0.25) is 9.69 Å². The molecule has 1 atom stereocenters. The zero-order valence-electron chi connectivity index (χ0n) is 16.5. The summed E-state index contributed by atoms with van der Waals surface area (Å²) in [5.41, 5.74) is 1.64. The number of morpholine rings is 1. The van der Waals surface area contributed by atoms with E-state index in [4.69, 9.17) is 13.9 Å². The molecule has 1 aromatic heterocycles. The highest BCUT2D eigenvalue weighted by atomic mass is 16.6. The quantitative estimate of drug-likeness (QED) is 0.631. The number of carbonyl (C=O) groups is 1. The van der Waals surface area contributed by atoms with Crippen LogP contribution >= 0.6 is 0 Å². The maximum atomic E-state index is 12.9. The first-order valence-corrected chi connectivity index (χ1v) is 9.71. The van der Waals surface area contributed by atoms with Crippen LogP contribution in [0.5, 0.6) is 0 Å². The summed E-state index contributed by atoms with van der Waals surface area (Å²) in [5.74, 6) is -0.0508. The van der Waals surface area contributed by atoms with Crippen LogP contribution < -0.4 is 5.43 Å². The normalized spacial score (nSPS) is 15.9. The van der Waals surface area contributed by atoms with Gasteiger partial charge in [0.15, 0.2) is 17.2 Å². The molecule has 150 valence electrons. The second-order valence-electron chi connectivity index (χ2n) is 7.09. The molecule has 2 aromatic carbocycles. The predicted octanol–water partition coefficient (Wildman–Crippen LogP) is 3.60. The second kappa shape index (κ2) is 8.19. The molecule has 1 saturated heterocycles. The van der Waals surface area contributed by atoms with Gasteiger partial charge in [-0.05, 0) is 26.0 Å². The Balaban J connectivity index is 1.74. The van der Waals surface area contributed by atoms with Crippen molar-refractivity contribution in [1.82, 2.24) is 4.90 Å². The van der Waals surface area contributed by atoms with Gasteiger partial charge in [-0.25, -0.2) is 4.79 Å². The lowest BCUT2D eigenvalue weighted by Gasteiger charge is -2.31. The Morgan fingerprint density at radius 2 is 1.79 bits per heavy atom. The van der Waals surface area contributed by atoms with E-state index in [2.05, 4.69) is 0 Å². The summed E-state index contributed by atoms with van der Waals surface area (Å²) in [7, 11) is 0. The molecule has 1 aliphatic heterocycles. The van der Waals surface area contributed by atoms with Crippen molar-refractivity contribution in [3.8, 4) is 11.3 Å². The third-order valence-corrected chi connectivity index (χ3v) is 5.24. The lowest BCUT2D eigenvalue weighted by atomic mass is 10.0. The molecule has 1 aliphatic rings. The van der Waals surface area contributed by atoms with E-state index in [0.717, 1.165) is 5.56 Å². The molecule has 0 aliphatic carbocycles. The summed E-state index contributed by atoms with van der Waals surface area (Å²) in [6.07, 6.45) is -0.396. The van der Waals surface area contributed by atoms with Crippen LogP contribution in [0, 0.1) is 6.92 Å². The van der Waals surface area contributed by atoms with Crippen molar-refractivity contribution in [1.29, 1.82) is 0 Å². The van der Waals surface area contributed by atoms with Gasteiger partial charge < -0.3 is 13.9 Å². The summed E-state index contributed by atoms with van der Waals surface area (Å²) in [6.45, 7) is 6.21. The molecule has 6 nitrogen and oxygen atoms in total. The highest BCUT2D eigenvalue weighted by molar-refractivity contribution is 6.02. The largest absolute Gasteiger partial charge is 0.455 e. The van der Waals surface area contributed by atoms with Gasteiger partial charge in [0.1, 0.15) is 11.3 Å². The molecule has 0 spiro atoms. The van der Waals surface area contributed by atoms with E-state index in [9.17, 15) is 9.59 Å². The van der Waals surface area contributed by atoms with Crippen LogP contribution in [0.1, 0.15) is 22.8 Å². The molecule has 6 heteroatoms. The number of para-hydroxylation sites is 1. The number of benzene rings is 2. The average molecular weight is 393 g/mol. The number of carbonyl (C=O) groups excluding carboxylic acids is 1. The Labute approximate surface area is 168 Å². The van der Waals surface area contributed by atoms with Crippen LogP contribution in [0.15, 0.2) is 57.7 Å². The van der Waals surface area contributed by atoms with Crippen molar-refractivity contribution in [2.75, 3.05) is 26.3 Å². The SMILES string of the molecule is Cc1c(-c2ccccc2)oc2c(C(=O)OC(C)N3CCOCC3)cccc2c1=O. The van der Waals surface area contributed by atoms with E-state index in [1.54, 1.807) is 25.1 Å². The number of ether oxygens (including phenoxy) is 2. The lowest BCUT2D eigenvalue weighted by molar-refractivity contribution is -0.0636. The number of esters is 1. The Morgan fingerprint density at radius 1 is 1.07 bits per heavy atom. The van der Waals surface area contributed by atoms with Crippen molar-refractivity contribution in [3.63, 3.8) is 0 Å². The maximum absolute atomic E-state index is 12.9. The third kappa shape index (κ3) is 3.81. The fraction of sp³-hybridized carbons (Fsp3) is 0.304. The molecule has 1 unspecified atom stereocenters. The summed E-state index contributed by atoms with van der Waals surface area (Å²) in [5, 5.41) is 0.371. The van der Waals surface area contributed by atoms with Gasteiger partial charge in [0, 0.05) is 24.2 Å². The van der Waals surface area contributed by atoms with E-state index in [1.165, 1.54) is 0 Å². The highest BCUT2D eigenvalue weighted by Gasteiger charge is 2.24. The van der Waals surface area contributed by atoms with Crippen molar-refractivity contribution >= 4 is 16.9 Å². The van der Waals surface area contributed by atoms with Crippen LogP contribution in [0.2, 0.25) is 0 Å². The lowest BCUT2D eigenvalue weighted by Crippen LogP contribution is -2.44. The summed E-state index contributed by atoms with van der Waals surface area (Å²) in [6, 6.07) is 14.4. The van der Waals surface area contributed by atoms with Crippen molar-refractivity contribution in [2.24, 2.45) is 0 Å². The number of fused-ring (bicyclic) bond motifs is 1. The Hall–Kier alpha value is -2.96. The van der Waals surface area contributed by atoms with Gasteiger partial charge in [0.25, 0.3) is 0 Å². The van der Waals surface area contributed by atoms with E-state index in [-0.39, 0.29) is 16.6 Å². The van der Waals surface area contributed by atoms with E-state index < -0.39 is 12.2 Å². The van der Waals surface area contributed by atoms with Gasteiger partial charge in [0.2, 0.25) is 0 Å². The van der Waals surface area contributed by atoms with Gasteiger partial charge >= 0.3 is 5.97 Å². The molecule has 2 heterocycles. The molecular weight excluding hydrogens is 370 g/mol. The average Bonchev–Trinajstić information content (AvgIpc) is 2.77. The number of hydrogen-bond acceptors (Lipinski definition) is 6. The molecule has 0 amide bonds. The summed E-state index contributed by atoms with van der Waals surface area (Å²) >= 11 is 0. The van der Waals surface area contributed by atoms with E-state index >= 15 is 0 Å². The minimum atomic E-state index is -0.513. The van der Waals surface area contributed by atoms with Crippen molar-refractivity contribution < 1.29 is 18.7 Å². The van der Waals surface area contributed by atoms with Gasteiger partial charge in [-0.15, -0.1) is 0 Å². The predicted molar refractivity (Wildman–Crippen MR) is 110 cm³/mol. The molecule has 29 heavy (non-hydrogen) atoms. The van der Waals surface area contributed by atoms with Crippen LogP contribution in [0.25, 0.3) is 22.3 Å². The minimum absolute atomic E-state index is 0.152. The Bertz CT molecular complexity index is 1080. The summed E-state index contributed by atoms with van der Waals surface area (Å²) < 4.78 is 17.1. The first-order chi connectivity index (χ1) is 14.1. The highest BCUT2D eigenvalue weighted by Crippen LogP contribution is 2.27. The summed E-state index contributed by atoms with van der Waals surface area (Å²) in [4.78, 5) is 27.9. The maximum Gasteiger partial charge on any atom is 0.343 e.